The summed E-state index contributed by atoms with van der Waals surface area (Å²) in [5.74, 6) is -0.586. The molecule has 6 aromatic carbocycles. The molecule has 2 aromatic heterocycles. The van der Waals surface area contributed by atoms with Gasteiger partial charge in [0, 0.05) is 35.0 Å². The number of ketones is 1. The first kappa shape index (κ1) is 47.1. The fourth-order valence-corrected chi connectivity index (χ4v) is 13.4. The van der Waals surface area contributed by atoms with Gasteiger partial charge in [0.15, 0.2) is 5.78 Å². The molecule has 0 bridgehead atoms. The number of rotatable bonds is 14. The third kappa shape index (κ3) is 9.76. The van der Waals surface area contributed by atoms with Gasteiger partial charge in [-0.05, 0) is 148 Å². The minimum Gasteiger partial charge on any atom is -0.299 e. The van der Waals surface area contributed by atoms with Gasteiger partial charge in [-0.25, -0.2) is 24.8 Å². The van der Waals surface area contributed by atoms with Gasteiger partial charge in [0.1, 0.15) is 0 Å². The minimum atomic E-state index is -4.29. The first-order valence-electron chi connectivity index (χ1n) is 24.3. The fraction of sp³-hybridized carbons (Fsp3) is 0.237. The maximum absolute atomic E-state index is 16.5. The van der Waals surface area contributed by atoms with E-state index in [0.717, 1.165) is 76.1 Å². The molecule has 0 saturated carbocycles. The monoisotopic (exact) mass is 966 g/mol. The maximum atomic E-state index is 16.5. The van der Waals surface area contributed by atoms with Crippen molar-refractivity contribution in [3.8, 4) is 0 Å². The van der Waals surface area contributed by atoms with E-state index in [-0.39, 0.29) is 44.2 Å². The predicted octanol–water partition coefficient (Wildman–Crippen LogP) is 11.5. The lowest BCUT2D eigenvalue weighted by atomic mass is 9.87. The van der Waals surface area contributed by atoms with Crippen LogP contribution in [0.3, 0.4) is 0 Å². The summed E-state index contributed by atoms with van der Waals surface area (Å²) in [5.41, 5.74) is 6.07. The van der Waals surface area contributed by atoms with Gasteiger partial charge < -0.3 is 0 Å². The second-order valence-corrected chi connectivity index (χ2v) is 22.6. The van der Waals surface area contributed by atoms with Crippen molar-refractivity contribution in [3.63, 3.8) is 0 Å². The SMILES string of the molecule is Cc1ccc2cc(C(=CC3CCN(Cc4ccccc4)CC3)C(=O)C(=CC3CCN(Cc4ccccc4)CC3)c3cc4ccc(C)cc4n3S(=O)(=O)c3ccccc3)n(S(=O)(=O)c3ccccc3)c2c1. The van der Waals surface area contributed by atoms with Gasteiger partial charge in [0.05, 0.1) is 32.2 Å². The highest BCUT2D eigenvalue weighted by Gasteiger charge is 2.34. The number of aryl methyl sites for hydroxylation is 2. The van der Waals surface area contributed by atoms with E-state index in [2.05, 4.69) is 58.3 Å². The number of allylic oxidation sites excluding steroid dienone is 4. The van der Waals surface area contributed by atoms with Crippen molar-refractivity contribution in [2.24, 2.45) is 11.8 Å². The lowest BCUT2D eigenvalue weighted by Gasteiger charge is -2.31. The third-order valence-electron chi connectivity index (χ3n) is 14.0. The maximum Gasteiger partial charge on any atom is 0.268 e. The number of fused-ring (bicyclic) bond motifs is 2. The van der Waals surface area contributed by atoms with Gasteiger partial charge in [0.25, 0.3) is 20.0 Å². The molecule has 0 spiro atoms. The molecule has 0 amide bonds. The smallest absolute Gasteiger partial charge is 0.268 e. The Hall–Kier alpha value is -6.63. The molecular formula is C59H58N4O5S2. The highest BCUT2D eigenvalue weighted by Crippen LogP contribution is 2.39. The molecule has 8 aromatic rings. The van der Waals surface area contributed by atoms with Crippen LogP contribution in [-0.4, -0.2) is 66.5 Å². The molecule has 2 aliphatic heterocycles. The summed E-state index contributed by atoms with van der Waals surface area (Å²) in [7, 11) is -8.57. The zero-order valence-corrected chi connectivity index (χ0v) is 41.3. The molecule has 4 heterocycles. The first-order chi connectivity index (χ1) is 33.9. The Balaban J connectivity index is 1.16. The number of hydrogen-bond acceptors (Lipinski definition) is 7. The fourth-order valence-electron chi connectivity index (χ4n) is 10.3. The van der Waals surface area contributed by atoms with Crippen LogP contribution in [0.15, 0.2) is 192 Å². The quantitative estimate of drug-likeness (QED) is 0.100. The standard InChI is InChI=1S/C59H58N4O5S2/c1-43-23-25-49-39-57(62(55(49)35-43)69(65,66)51-19-11-5-12-20-51)53(37-45-27-31-60(32-28-45)41-47-15-7-3-8-16-47)59(64)54(38-46-29-33-61(34-30-46)42-48-17-9-4-10-18-48)58-40-50-26-24-44(2)36-56(50)63(58)70(67,68)52-21-13-6-14-22-52/h3-26,35-40,45-46H,27-34,41-42H2,1-2H3. The summed E-state index contributed by atoms with van der Waals surface area (Å²) in [4.78, 5) is 21.6. The Morgan fingerprint density at radius 3 is 1.17 bits per heavy atom. The van der Waals surface area contributed by atoms with E-state index in [4.69, 9.17) is 0 Å². The Morgan fingerprint density at radius 1 is 0.471 bits per heavy atom. The number of likely N-dealkylation sites (tertiary alicyclic amines) is 2. The third-order valence-corrected chi connectivity index (χ3v) is 17.5. The molecule has 0 aliphatic carbocycles. The summed E-state index contributed by atoms with van der Waals surface area (Å²) in [6.45, 7) is 8.62. The zero-order valence-electron chi connectivity index (χ0n) is 39.7. The molecule has 2 saturated heterocycles. The second-order valence-electron chi connectivity index (χ2n) is 19.0. The Labute approximate surface area is 412 Å². The second kappa shape index (κ2) is 20.0. The average Bonchev–Trinajstić information content (AvgIpc) is 3.96. The molecule has 0 radical (unpaired) electrons. The Bertz CT molecular complexity index is 3230. The van der Waals surface area contributed by atoms with Crippen LogP contribution in [0.4, 0.5) is 0 Å². The number of aromatic nitrogens is 2. The Kier molecular flexibility index (Phi) is 13.4. The molecule has 11 heteroatoms. The highest BCUT2D eigenvalue weighted by atomic mass is 32.2. The van der Waals surface area contributed by atoms with Crippen molar-refractivity contribution >= 4 is 58.8 Å². The van der Waals surface area contributed by atoms with Gasteiger partial charge in [-0.15, -0.1) is 0 Å². The number of nitrogens with zero attached hydrogens (tertiary/aromatic N) is 4. The van der Waals surface area contributed by atoms with E-state index in [1.807, 2.05) is 86.7 Å². The van der Waals surface area contributed by atoms with Crippen molar-refractivity contribution in [1.82, 2.24) is 17.7 Å². The van der Waals surface area contributed by atoms with E-state index in [9.17, 15) is 0 Å². The lowest BCUT2D eigenvalue weighted by Crippen LogP contribution is -2.33. The van der Waals surface area contributed by atoms with E-state index in [0.29, 0.717) is 21.8 Å². The molecule has 10 rings (SSSR count). The minimum absolute atomic E-state index is 0.0809. The van der Waals surface area contributed by atoms with Gasteiger partial charge in [0.2, 0.25) is 0 Å². The van der Waals surface area contributed by atoms with Crippen LogP contribution in [0.25, 0.3) is 33.0 Å². The summed E-state index contributed by atoms with van der Waals surface area (Å²) < 4.78 is 63.5. The molecule has 0 N–H and O–H groups in total. The van der Waals surface area contributed by atoms with Crippen LogP contribution in [0.5, 0.6) is 0 Å². The van der Waals surface area contributed by atoms with Crippen LogP contribution >= 0.6 is 0 Å². The van der Waals surface area contributed by atoms with Crippen molar-refractivity contribution in [2.75, 3.05) is 26.2 Å². The number of benzene rings is 6. The Morgan fingerprint density at radius 2 is 0.814 bits per heavy atom. The zero-order chi connectivity index (χ0) is 48.4. The normalized spacial score (nSPS) is 16.3. The van der Waals surface area contributed by atoms with E-state index >= 15 is 21.6 Å². The van der Waals surface area contributed by atoms with Gasteiger partial charge in [-0.3, -0.25) is 14.6 Å². The van der Waals surface area contributed by atoms with Crippen LogP contribution in [0.1, 0.15) is 59.3 Å². The molecule has 0 atom stereocenters. The number of hydrogen-bond donors (Lipinski definition) is 0. The molecular weight excluding hydrogens is 909 g/mol. The van der Waals surface area contributed by atoms with Crippen molar-refractivity contribution < 1.29 is 21.6 Å². The summed E-state index contributed by atoms with van der Waals surface area (Å²) in [6.07, 6.45) is 6.98. The van der Waals surface area contributed by atoms with Crippen LogP contribution in [-0.2, 0) is 37.9 Å². The van der Waals surface area contributed by atoms with E-state index < -0.39 is 25.8 Å². The first-order valence-corrected chi connectivity index (χ1v) is 27.2. The highest BCUT2D eigenvalue weighted by molar-refractivity contribution is 7.90. The van der Waals surface area contributed by atoms with E-state index in [1.165, 1.54) is 19.1 Å². The molecule has 2 aliphatic rings. The van der Waals surface area contributed by atoms with Crippen molar-refractivity contribution in [3.05, 3.63) is 216 Å². The summed E-state index contributed by atoms with van der Waals surface area (Å²) in [6, 6.07) is 52.6. The number of Topliss-reactive ketones (excluding diaryl/α,β-unsaturated/α-hetero) is 1. The topological polar surface area (TPSA) is 102 Å². The van der Waals surface area contributed by atoms with Gasteiger partial charge in [-0.2, -0.15) is 0 Å². The van der Waals surface area contributed by atoms with Gasteiger partial charge >= 0.3 is 0 Å². The number of carbonyl (C=O) groups excluding carboxylic acids is 1. The molecule has 9 nitrogen and oxygen atoms in total. The molecule has 2 fully saturated rings. The average molecular weight is 967 g/mol. The van der Waals surface area contributed by atoms with Crippen molar-refractivity contribution in [1.29, 1.82) is 0 Å². The summed E-state index contributed by atoms with van der Waals surface area (Å²) >= 11 is 0. The van der Waals surface area contributed by atoms with Crippen LogP contribution < -0.4 is 0 Å². The number of carbonyl (C=O) groups is 1. The van der Waals surface area contributed by atoms with Crippen molar-refractivity contribution in [2.45, 2.75) is 62.4 Å². The predicted molar refractivity (Wildman–Crippen MR) is 281 cm³/mol. The van der Waals surface area contributed by atoms with Gasteiger partial charge in [-0.1, -0.05) is 133 Å². The molecule has 70 heavy (non-hydrogen) atoms. The van der Waals surface area contributed by atoms with Crippen LogP contribution in [0.2, 0.25) is 0 Å². The lowest BCUT2D eigenvalue weighted by molar-refractivity contribution is -0.108. The molecule has 356 valence electrons. The number of piperidine rings is 2. The van der Waals surface area contributed by atoms with Crippen LogP contribution in [0, 0.1) is 25.7 Å². The summed E-state index contributed by atoms with van der Waals surface area (Å²) in [5, 5.41) is 1.34. The van der Waals surface area contributed by atoms with E-state index in [1.54, 1.807) is 60.7 Å². The largest absolute Gasteiger partial charge is 0.299 e. The molecule has 0 unspecified atom stereocenters.